The van der Waals surface area contributed by atoms with E-state index in [-0.39, 0.29) is 0 Å². The maximum atomic E-state index is 11.3. The van der Waals surface area contributed by atoms with Crippen molar-refractivity contribution >= 4 is 34.8 Å². The van der Waals surface area contributed by atoms with Gasteiger partial charge in [-0.15, -0.1) is 0 Å². The normalized spacial score (nSPS) is 11.1. The molecule has 0 aliphatic carbocycles. The molecule has 0 saturated heterocycles. The smallest absolute Gasteiger partial charge is 0.427 e. The molecule has 6 nitrogen and oxygen atoms in total. The number of para-hydroxylation sites is 1. The van der Waals surface area contributed by atoms with Crippen LogP contribution in [-0.4, -0.2) is 30.1 Å². The Morgan fingerprint density at radius 3 is 2.89 bits per heavy atom. The summed E-state index contributed by atoms with van der Waals surface area (Å²) in [5, 5.41) is 5.70. The molecule has 0 bridgehead atoms. The third-order valence-electron chi connectivity index (χ3n) is 4.18. The maximum absolute atomic E-state index is 11.3. The Labute approximate surface area is 168 Å². The number of carbonyl (C=O) groups is 1. The number of carbonyl (C=O) groups excluding carboxylic acids is 1. The number of hydrogen-bond acceptors (Lipinski definition) is 4. The van der Waals surface area contributed by atoms with Crippen LogP contribution in [0.15, 0.2) is 53.8 Å². The Kier molecular flexibility index (Phi) is 6.55. The minimum atomic E-state index is -0.575. The predicted octanol–water partition coefficient (Wildman–Crippen LogP) is 4.76. The van der Waals surface area contributed by atoms with E-state index in [9.17, 15) is 4.79 Å². The third kappa shape index (κ3) is 4.84. The number of nitrogens with zero attached hydrogens (tertiary/aromatic N) is 2. The van der Waals surface area contributed by atoms with Crippen molar-refractivity contribution in [3.05, 3.63) is 64.8 Å². The number of ether oxygens (including phenoxy) is 2. The molecule has 3 aromatic rings. The van der Waals surface area contributed by atoms with Crippen LogP contribution in [0, 0.1) is 6.92 Å². The van der Waals surface area contributed by atoms with Crippen LogP contribution in [-0.2, 0) is 11.3 Å². The molecule has 7 heteroatoms. The quantitative estimate of drug-likeness (QED) is 0.460. The van der Waals surface area contributed by atoms with Gasteiger partial charge in [-0.25, -0.2) is 10.2 Å². The lowest BCUT2D eigenvalue weighted by Crippen LogP contribution is -2.18. The van der Waals surface area contributed by atoms with Gasteiger partial charge in [0.1, 0.15) is 12.4 Å². The van der Waals surface area contributed by atoms with Gasteiger partial charge in [-0.2, -0.15) is 5.10 Å². The Morgan fingerprint density at radius 1 is 1.29 bits per heavy atom. The molecule has 0 unspecified atom stereocenters. The number of nitrogens with one attached hydrogen (secondary N) is 1. The van der Waals surface area contributed by atoms with Crippen molar-refractivity contribution in [2.45, 2.75) is 20.4 Å². The second-order valence-electron chi connectivity index (χ2n) is 6.14. The summed E-state index contributed by atoms with van der Waals surface area (Å²) >= 11 is 5.99. The van der Waals surface area contributed by atoms with E-state index in [2.05, 4.69) is 15.1 Å². The number of amides is 1. The molecule has 1 N–H and O–H groups in total. The predicted molar refractivity (Wildman–Crippen MR) is 111 cm³/mol. The van der Waals surface area contributed by atoms with Gasteiger partial charge in [0.25, 0.3) is 0 Å². The fraction of sp³-hybridized carbons (Fsp3) is 0.238. The number of aromatic nitrogens is 1. The second kappa shape index (κ2) is 9.28. The summed E-state index contributed by atoms with van der Waals surface area (Å²) in [5.74, 6) is 0.821. The summed E-state index contributed by atoms with van der Waals surface area (Å²) in [6, 6.07) is 13.6. The largest absolute Gasteiger partial charge is 0.491 e. The highest BCUT2D eigenvalue weighted by Crippen LogP contribution is 2.23. The van der Waals surface area contributed by atoms with E-state index in [1.54, 1.807) is 13.1 Å². The number of halogens is 1. The molecule has 28 heavy (non-hydrogen) atoms. The summed E-state index contributed by atoms with van der Waals surface area (Å²) in [4.78, 5) is 11.3. The van der Waals surface area contributed by atoms with E-state index in [4.69, 9.17) is 21.1 Å². The number of fused-ring (bicyclic) bond motifs is 1. The first-order valence-corrected chi connectivity index (χ1v) is 9.39. The molecule has 0 radical (unpaired) electrons. The van der Waals surface area contributed by atoms with Crippen LogP contribution in [0.3, 0.4) is 0 Å². The van der Waals surface area contributed by atoms with Crippen molar-refractivity contribution in [1.82, 2.24) is 9.99 Å². The maximum Gasteiger partial charge on any atom is 0.427 e. The number of aryl methyl sites for hydroxylation is 1. The van der Waals surface area contributed by atoms with Gasteiger partial charge in [0, 0.05) is 27.7 Å². The SMILES string of the molecule is CCOC(=O)NN=Cc1cn(CCOc2ccc(Cl)cc2C)c2ccccc12. The van der Waals surface area contributed by atoms with Gasteiger partial charge < -0.3 is 14.0 Å². The summed E-state index contributed by atoms with van der Waals surface area (Å²) < 4.78 is 12.8. The summed E-state index contributed by atoms with van der Waals surface area (Å²) in [5.41, 5.74) is 5.31. The molecule has 1 aromatic heterocycles. The van der Waals surface area contributed by atoms with Crippen molar-refractivity contribution in [2.24, 2.45) is 5.10 Å². The number of rotatable bonds is 7. The van der Waals surface area contributed by atoms with Crippen molar-refractivity contribution < 1.29 is 14.3 Å². The van der Waals surface area contributed by atoms with Crippen LogP contribution in [0.4, 0.5) is 4.79 Å². The van der Waals surface area contributed by atoms with Crippen LogP contribution in [0.2, 0.25) is 5.02 Å². The lowest BCUT2D eigenvalue weighted by Gasteiger charge is -2.10. The summed E-state index contributed by atoms with van der Waals surface area (Å²) in [7, 11) is 0. The van der Waals surface area contributed by atoms with Crippen molar-refractivity contribution in [3.8, 4) is 5.75 Å². The van der Waals surface area contributed by atoms with E-state index in [1.165, 1.54) is 0 Å². The molecule has 0 atom stereocenters. The monoisotopic (exact) mass is 399 g/mol. The first kappa shape index (κ1) is 19.8. The van der Waals surface area contributed by atoms with Crippen molar-refractivity contribution in [1.29, 1.82) is 0 Å². The molecule has 0 saturated carbocycles. The molecule has 0 spiro atoms. The zero-order valence-corrected chi connectivity index (χ0v) is 16.6. The Bertz CT molecular complexity index is 998. The van der Waals surface area contributed by atoms with Crippen LogP contribution in [0.5, 0.6) is 5.75 Å². The van der Waals surface area contributed by atoms with E-state index in [0.29, 0.717) is 24.8 Å². The molecular formula is C21H22ClN3O3. The van der Waals surface area contributed by atoms with Gasteiger partial charge in [-0.1, -0.05) is 29.8 Å². The highest BCUT2D eigenvalue weighted by Gasteiger charge is 2.08. The van der Waals surface area contributed by atoms with Crippen LogP contribution in [0.1, 0.15) is 18.1 Å². The van der Waals surface area contributed by atoms with Gasteiger partial charge in [-0.3, -0.25) is 0 Å². The zero-order chi connectivity index (χ0) is 19.9. The van der Waals surface area contributed by atoms with Crippen molar-refractivity contribution in [2.75, 3.05) is 13.2 Å². The topological polar surface area (TPSA) is 64.8 Å². The number of benzene rings is 2. The molecule has 146 valence electrons. The number of hydrogen-bond donors (Lipinski definition) is 1. The molecular weight excluding hydrogens is 378 g/mol. The average Bonchev–Trinajstić information content (AvgIpc) is 3.02. The highest BCUT2D eigenvalue weighted by molar-refractivity contribution is 6.30. The van der Waals surface area contributed by atoms with E-state index in [0.717, 1.165) is 27.8 Å². The summed E-state index contributed by atoms with van der Waals surface area (Å²) in [6.07, 6.45) is 3.02. The van der Waals surface area contributed by atoms with Gasteiger partial charge in [0.2, 0.25) is 0 Å². The zero-order valence-electron chi connectivity index (χ0n) is 15.8. The number of hydrazone groups is 1. The Hall–Kier alpha value is -2.99. The van der Waals surface area contributed by atoms with Gasteiger partial charge in [0.15, 0.2) is 0 Å². The highest BCUT2D eigenvalue weighted by atomic mass is 35.5. The van der Waals surface area contributed by atoms with Gasteiger partial charge >= 0.3 is 6.09 Å². The summed E-state index contributed by atoms with van der Waals surface area (Å²) in [6.45, 7) is 5.19. The lowest BCUT2D eigenvalue weighted by atomic mass is 10.2. The first-order valence-electron chi connectivity index (χ1n) is 9.01. The van der Waals surface area contributed by atoms with Crippen LogP contribution >= 0.6 is 11.6 Å². The molecule has 0 fully saturated rings. The molecule has 3 rings (SSSR count). The minimum absolute atomic E-state index is 0.299. The van der Waals surface area contributed by atoms with E-state index >= 15 is 0 Å². The van der Waals surface area contributed by atoms with E-state index < -0.39 is 6.09 Å². The fourth-order valence-corrected chi connectivity index (χ4v) is 3.14. The Balaban J connectivity index is 1.71. The third-order valence-corrected chi connectivity index (χ3v) is 4.42. The van der Waals surface area contributed by atoms with Gasteiger partial charge in [0.05, 0.1) is 19.4 Å². The molecule has 0 aliphatic rings. The fourth-order valence-electron chi connectivity index (χ4n) is 2.91. The van der Waals surface area contributed by atoms with Crippen molar-refractivity contribution in [3.63, 3.8) is 0 Å². The van der Waals surface area contributed by atoms with Crippen LogP contribution in [0.25, 0.3) is 10.9 Å². The first-order chi connectivity index (χ1) is 13.6. The Morgan fingerprint density at radius 2 is 2.11 bits per heavy atom. The second-order valence-corrected chi connectivity index (χ2v) is 6.58. The molecule has 0 aliphatic heterocycles. The molecule has 2 aromatic carbocycles. The van der Waals surface area contributed by atoms with Gasteiger partial charge in [-0.05, 0) is 43.7 Å². The average molecular weight is 400 g/mol. The van der Waals surface area contributed by atoms with E-state index in [1.807, 2.05) is 55.6 Å². The molecule has 1 amide bonds. The lowest BCUT2D eigenvalue weighted by molar-refractivity contribution is 0.152. The van der Waals surface area contributed by atoms with Crippen LogP contribution < -0.4 is 10.2 Å². The molecule has 1 heterocycles. The standard InChI is InChI=1S/C21H22ClN3O3/c1-3-27-21(26)24-23-13-16-14-25(19-7-5-4-6-18(16)19)10-11-28-20-9-8-17(22)12-15(20)2/h4-9,12-14H,3,10-11H2,1-2H3,(H,24,26). The minimum Gasteiger partial charge on any atom is -0.491 e.